The molecule has 1 N–H and O–H groups in total. The first kappa shape index (κ1) is 15.6. The summed E-state index contributed by atoms with van der Waals surface area (Å²) in [5.41, 5.74) is 2.53. The molecule has 1 atom stereocenters. The number of aromatic nitrogens is 1. The number of carbonyl (C=O) groups is 1. The van der Waals surface area contributed by atoms with Crippen LogP contribution in [0.4, 0.5) is 5.69 Å². The van der Waals surface area contributed by atoms with Crippen molar-refractivity contribution in [2.45, 2.75) is 25.5 Å². The molecule has 1 amide bonds. The highest BCUT2D eigenvalue weighted by Gasteiger charge is 2.38. The van der Waals surface area contributed by atoms with Crippen molar-refractivity contribution in [3.8, 4) is 0 Å². The second kappa shape index (κ2) is 6.83. The summed E-state index contributed by atoms with van der Waals surface area (Å²) in [5.74, 6) is 0.0650. The molecular weight excluding hydrogens is 308 g/mol. The number of H-pyrrole nitrogens is 1. The molecule has 1 aliphatic heterocycles. The van der Waals surface area contributed by atoms with Gasteiger partial charge >= 0.3 is 0 Å². The van der Waals surface area contributed by atoms with E-state index in [-0.39, 0.29) is 11.2 Å². The predicted octanol–water partition coefficient (Wildman–Crippen LogP) is 3.65. The zero-order valence-electron chi connectivity index (χ0n) is 13.1. The average Bonchev–Trinajstić information content (AvgIpc) is 3.21. The summed E-state index contributed by atoms with van der Waals surface area (Å²) in [6, 6.07) is 13.4. The molecule has 23 heavy (non-hydrogen) atoms. The fourth-order valence-corrected chi connectivity index (χ4v) is 3.35. The molecule has 3 rings (SSSR count). The normalized spacial score (nSPS) is 20.5. The van der Waals surface area contributed by atoms with Crippen LogP contribution < -0.4 is 4.90 Å². The highest BCUT2D eigenvalue weighted by atomic mass is 32.2. The molecule has 1 aromatic heterocycles. The maximum Gasteiger partial charge on any atom is 0.246 e. The van der Waals surface area contributed by atoms with Crippen molar-refractivity contribution in [3.63, 3.8) is 0 Å². The summed E-state index contributed by atoms with van der Waals surface area (Å²) in [4.78, 5) is 17.3. The van der Waals surface area contributed by atoms with Crippen molar-refractivity contribution >= 4 is 34.2 Å². The van der Waals surface area contributed by atoms with Gasteiger partial charge in [0.05, 0.1) is 22.3 Å². The minimum atomic E-state index is -0.102. The zero-order chi connectivity index (χ0) is 16.2. The Morgan fingerprint density at radius 3 is 2.70 bits per heavy atom. The lowest BCUT2D eigenvalue weighted by molar-refractivity contribution is -0.116. The van der Waals surface area contributed by atoms with Gasteiger partial charge in [-0.25, -0.2) is 0 Å². The molecule has 0 saturated carbocycles. The molecule has 1 aromatic carbocycles. The van der Waals surface area contributed by atoms with Crippen LogP contribution in [0.25, 0.3) is 0 Å². The molecule has 0 spiro atoms. The number of hydrogen-bond acceptors (Lipinski definition) is 4. The number of benzene rings is 1. The Hall–Kier alpha value is -2.34. The maximum absolute atomic E-state index is 12.6. The van der Waals surface area contributed by atoms with Gasteiger partial charge in [-0.2, -0.15) is 5.10 Å². The number of nitrogens with one attached hydrogen (secondary N) is 1. The summed E-state index contributed by atoms with van der Waals surface area (Å²) in [6.07, 6.45) is 2.61. The number of carbonyl (C=O) groups excluding carboxylic acids is 1. The Balaban J connectivity index is 1.94. The van der Waals surface area contributed by atoms with E-state index in [0.29, 0.717) is 5.17 Å². The van der Waals surface area contributed by atoms with Gasteiger partial charge in [0.2, 0.25) is 5.91 Å². The van der Waals surface area contributed by atoms with Crippen LogP contribution in [-0.4, -0.2) is 27.0 Å². The smallest absolute Gasteiger partial charge is 0.246 e. The highest BCUT2D eigenvalue weighted by molar-refractivity contribution is 8.16. The summed E-state index contributed by atoms with van der Waals surface area (Å²) < 4.78 is 0. The van der Waals surface area contributed by atoms with Crippen molar-refractivity contribution < 1.29 is 4.79 Å². The van der Waals surface area contributed by atoms with Crippen molar-refractivity contribution in [1.82, 2.24) is 4.98 Å². The van der Waals surface area contributed by atoms with Gasteiger partial charge in [-0.3, -0.25) is 9.69 Å². The van der Waals surface area contributed by atoms with Crippen LogP contribution >= 0.6 is 11.8 Å². The first-order chi connectivity index (χ1) is 11.2. The Kier molecular flexibility index (Phi) is 4.62. The van der Waals surface area contributed by atoms with Gasteiger partial charge in [-0.1, -0.05) is 36.9 Å². The SMILES string of the molecule is CCC1S/C(=N\N=C(/C)c2ccc[nH]2)N(c2ccccc2)C1=O. The second-order valence-electron chi connectivity index (χ2n) is 5.18. The number of amides is 1. The van der Waals surface area contributed by atoms with E-state index >= 15 is 0 Å². The number of amidine groups is 1. The summed E-state index contributed by atoms with van der Waals surface area (Å²) >= 11 is 1.47. The molecular formula is C17H18N4OS. The summed E-state index contributed by atoms with van der Waals surface area (Å²) in [7, 11) is 0. The molecule has 0 radical (unpaired) electrons. The van der Waals surface area contributed by atoms with Gasteiger partial charge in [0.25, 0.3) is 0 Å². The zero-order valence-corrected chi connectivity index (χ0v) is 13.9. The third-order valence-corrected chi connectivity index (χ3v) is 4.89. The van der Waals surface area contributed by atoms with E-state index in [1.807, 2.05) is 62.5 Å². The second-order valence-corrected chi connectivity index (χ2v) is 6.35. The minimum Gasteiger partial charge on any atom is -0.360 e. The Labute approximate surface area is 139 Å². The maximum atomic E-state index is 12.6. The molecule has 1 unspecified atom stereocenters. The first-order valence-electron chi connectivity index (χ1n) is 7.52. The van der Waals surface area contributed by atoms with Crippen molar-refractivity contribution in [3.05, 3.63) is 54.4 Å². The summed E-state index contributed by atoms with van der Waals surface area (Å²) in [6.45, 7) is 3.90. The molecule has 6 heteroatoms. The first-order valence-corrected chi connectivity index (χ1v) is 8.40. The van der Waals surface area contributed by atoms with Gasteiger partial charge < -0.3 is 4.98 Å². The van der Waals surface area contributed by atoms with Crippen molar-refractivity contribution in [2.24, 2.45) is 10.2 Å². The molecule has 2 heterocycles. The largest absolute Gasteiger partial charge is 0.360 e. The molecule has 2 aromatic rings. The molecule has 0 bridgehead atoms. The number of aromatic amines is 1. The Morgan fingerprint density at radius 2 is 2.04 bits per heavy atom. The molecule has 1 fully saturated rings. The van der Waals surface area contributed by atoms with E-state index in [0.717, 1.165) is 23.5 Å². The molecule has 1 saturated heterocycles. The van der Waals surface area contributed by atoms with Gasteiger partial charge in [0.15, 0.2) is 5.17 Å². The van der Waals surface area contributed by atoms with Crippen molar-refractivity contribution in [2.75, 3.05) is 4.90 Å². The molecule has 1 aliphatic rings. The van der Waals surface area contributed by atoms with Gasteiger partial charge in [-0.15, -0.1) is 5.10 Å². The van der Waals surface area contributed by atoms with Crippen LogP contribution in [0.2, 0.25) is 0 Å². The summed E-state index contributed by atoms with van der Waals surface area (Å²) in [5, 5.41) is 9.15. The fraction of sp³-hybridized carbons (Fsp3) is 0.235. The van der Waals surface area contributed by atoms with E-state index in [4.69, 9.17) is 0 Å². The van der Waals surface area contributed by atoms with Crippen LogP contribution in [0.1, 0.15) is 26.0 Å². The number of nitrogens with zero attached hydrogens (tertiary/aromatic N) is 3. The Morgan fingerprint density at radius 1 is 1.26 bits per heavy atom. The number of para-hydroxylation sites is 1. The number of anilines is 1. The van der Waals surface area contributed by atoms with Gasteiger partial charge in [-0.05, 0) is 37.6 Å². The molecule has 118 valence electrons. The lowest BCUT2D eigenvalue weighted by Gasteiger charge is -2.15. The third kappa shape index (κ3) is 3.22. The van der Waals surface area contributed by atoms with Crippen LogP contribution in [0.5, 0.6) is 0 Å². The lowest BCUT2D eigenvalue weighted by atomic mass is 10.2. The molecule has 5 nitrogen and oxygen atoms in total. The fourth-order valence-electron chi connectivity index (χ4n) is 2.34. The monoisotopic (exact) mass is 326 g/mol. The number of hydrogen-bond donors (Lipinski definition) is 1. The van der Waals surface area contributed by atoms with E-state index in [2.05, 4.69) is 15.2 Å². The van der Waals surface area contributed by atoms with Gasteiger partial charge in [0, 0.05) is 6.20 Å². The number of thioether (sulfide) groups is 1. The van der Waals surface area contributed by atoms with E-state index in [1.165, 1.54) is 11.8 Å². The Bertz CT molecular complexity index is 737. The lowest BCUT2D eigenvalue weighted by Crippen LogP contribution is -2.31. The van der Waals surface area contributed by atoms with Crippen LogP contribution in [0, 0.1) is 0 Å². The minimum absolute atomic E-state index is 0.0650. The van der Waals surface area contributed by atoms with Crippen LogP contribution in [-0.2, 0) is 4.79 Å². The quantitative estimate of drug-likeness (QED) is 0.688. The third-order valence-electron chi connectivity index (χ3n) is 3.59. The van der Waals surface area contributed by atoms with Crippen molar-refractivity contribution in [1.29, 1.82) is 0 Å². The standard InChI is InChI=1S/C17H18N4OS/c1-3-15-16(22)21(13-8-5-4-6-9-13)17(23-15)20-19-12(2)14-10-7-11-18-14/h4-11,15,18H,3H2,1-2H3/b19-12+,20-17-. The number of rotatable bonds is 4. The van der Waals surface area contributed by atoms with Gasteiger partial charge in [0.1, 0.15) is 0 Å². The van der Waals surface area contributed by atoms with Crippen LogP contribution in [0.15, 0.2) is 58.9 Å². The predicted molar refractivity (Wildman–Crippen MR) is 96.0 cm³/mol. The topological polar surface area (TPSA) is 60.8 Å². The van der Waals surface area contributed by atoms with Crippen LogP contribution in [0.3, 0.4) is 0 Å². The van der Waals surface area contributed by atoms with E-state index < -0.39 is 0 Å². The molecule has 0 aliphatic carbocycles. The average molecular weight is 326 g/mol. The highest BCUT2D eigenvalue weighted by Crippen LogP contribution is 2.33. The van der Waals surface area contributed by atoms with E-state index in [9.17, 15) is 4.79 Å². The van der Waals surface area contributed by atoms with E-state index in [1.54, 1.807) is 4.90 Å².